The van der Waals surface area contributed by atoms with Crippen LogP contribution in [0.15, 0.2) is 42.5 Å². The highest BCUT2D eigenvalue weighted by Crippen LogP contribution is 2.34. The largest absolute Gasteiger partial charge is 0.493 e. The first kappa shape index (κ1) is 14.4. The minimum atomic E-state index is 0.0107. The molecule has 0 aliphatic carbocycles. The predicted octanol–water partition coefficient (Wildman–Crippen LogP) is 3.41. The fourth-order valence-electron chi connectivity index (χ4n) is 2.85. The smallest absolute Gasteiger partial charge is 0.127 e. The van der Waals surface area contributed by atoms with Gasteiger partial charge in [0.25, 0.3) is 0 Å². The van der Waals surface area contributed by atoms with Gasteiger partial charge in [-0.3, -0.25) is 11.3 Å². The Hall–Kier alpha value is -1.55. The molecule has 0 aromatic heterocycles. The topological polar surface area (TPSA) is 47.3 Å². The van der Waals surface area contributed by atoms with E-state index in [1.54, 1.807) is 0 Å². The fourth-order valence-corrected chi connectivity index (χ4v) is 3.06. The second kappa shape index (κ2) is 6.48. The number of benzene rings is 2. The molecule has 1 aliphatic rings. The molecule has 0 saturated carbocycles. The highest BCUT2D eigenvalue weighted by molar-refractivity contribution is 6.30. The van der Waals surface area contributed by atoms with Crippen molar-refractivity contribution in [3.05, 3.63) is 64.2 Å². The molecule has 3 rings (SSSR count). The number of hydrogen-bond donors (Lipinski definition) is 2. The second-order valence-electron chi connectivity index (χ2n) is 5.34. The first-order valence-corrected chi connectivity index (χ1v) is 7.61. The molecule has 0 bridgehead atoms. The summed E-state index contributed by atoms with van der Waals surface area (Å²) in [7, 11) is 0. The van der Waals surface area contributed by atoms with Crippen LogP contribution >= 0.6 is 11.6 Å². The summed E-state index contributed by atoms with van der Waals surface area (Å²) in [6.07, 6.45) is 2.92. The molecule has 110 valence electrons. The molecule has 1 aliphatic heterocycles. The van der Waals surface area contributed by atoms with E-state index in [2.05, 4.69) is 29.7 Å². The molecular formula is C17H19ClN2O. The molecule has 21 heavy (non-hydrogen) atoms. The van der Waals surface area contributed by atoms with Crippen LogP contribution in [0, 0.1) is 0 Å². The van der Waals surface area contributed by atoms with Gasteiger partial charge in [-0.25, -0.2) is 0 Å². The zero-order valence-electron chi connectivity index (χ0n) is 11.8. The van der Waals surface area contributed by atoms with Crippen molar-refractivity contribution in [1.82, 2.24) is 5.43 Å². The number of aryl methyl sites for hydroxylation is 1. The van der Waals surface area contributed by atoms with E-state index in [0.717, 1.165) is 47.8 Å². The summed E-state index contributed by atoms with van der Waals surface area (Å²) >= 11 is 6.06. The Kier molecular flexibility index (Phi) is 4.44. The van der Waals surface area contributed by atoms with Crippen LogP contribution in [0.4, 0.5) is 0 Å². The standard InChI is InChI=1S/C17H19ClN2O/c18-14-7-1-4-12(10-14)11-16(20-19)15-8-2-5-13-6-3-9-21-17(13)15/h1-2,4-5,7-8,10,16,20H,3,6,9,11,19H2. The Morgan fingerprint density at radius 1 is 1.24 bits per heavy atom. The molecule has 0 fully saturated rings. The first-order valence-electron chi connectivity index (χ1n) is 7.23. The minimum absolute atomic E-state index is 0.0107. The van der Waals surface area contributed by atoms with Gasteiger partial charge >= 0.3 is 0 Å². The van der Waals surface area contributed by atoms with Crippen molar-refractivity contribution in [1.29, 1.82) is 0 Å². The van der Waals surface area contributed by atoms with E-state index < -0.39 is 0 Å². The maximum Gasteiger partial charge on any atom is 0.127 e. The molecule has 1 atom stereocenters. The summed E-state index contributed by atoms with van der Waals surface area (Å²) in [4.78, 5) is 0. The average molecular weight is 303 g/mol. The molecule has 0 spiro atoms. The lowest BCUT2D eigenvalue weighted by atomic mass is 9.94. The Morgan fingerprint density at radius 3 is 2.90 bits per heavy atom. The number of para-hydroxylation sites is 1. The second-order valence-corrected chi connectivity index (χ2v) is 5.78. The number of hydrogen-bond acceptors (Lipinski definition) is 3. The van der Waals surface area contributed by atoms with Gasteiger partial charge in [-0.2, -0.15) is 0 Å². The van der Waals surface area contributed by atoms with Crippen LogP contribution in [0.25, 0.3) is 0 Å². The molecule has 3 N–H and O–H groups in total. The Labute approximate surface area is 130 Å². The molecule has 1 heterocycles. The summed E-state index contributed by atoms with van der Waals surface area (Å²) in [5.41, 5.74) is 6.45. The molecule has 0 saturated heterocycles. The summed E-state index contributed by atoms with van der Waals surface area (Å²) in [5, 5.41) is 0.745. The van der Waals surface area contributed by atoms with E-state index >= 15 is 0 Å². The lowest BCUT2D eigenvalue weighted by Gasteiger charge is -2.25. The number of fused-ring (bicyclic) bond motifs is 1. The molecule has 0 amide bonds. The van der Waals surface area contributed by atoms with Gasteiger partial charge in [0, 0.05) is 10.6 Å². The van der Waals surface area contributed by atoms with Crippen LogP contribution in [0.5, 0.6) is 5.75 Å². The molecule has 2 aromatic carbocycles. The zero-order chi connectivity index (χ0) is 14.7. The molecule has 1 unspecified atom stereocenters. The van der Waals surface area contributed by atoms with Crippen molar-refractivity contribution in [2.45, 2.75) is 25.3 Å². The Morgan fingerprint density at radius 2 is 2.10 bits per heavy atom. The van der Waals surface area contributed by atoms with Crippen molar-refractivity contribution in [3.63, 3.8) is 0 Å². The van der Waals surface area contributed by atoms with Gasteiger partial charge in [0.15, 0.2) is 0 Å². The van der Waals surface area contributed by atoms with Crippen LogP contribution < -0.4 is 16.0 Å². The Bertz CT molecular complexity index is 630. The average Bonchev–Trinajstić information content (AvgIpc) is 2.52. The SMILES string of the molecule is NNC(Cc1cccc(Cl)c1)c1cccc2c1OCCC2. The number of nitrogens with two attached hydrogens (primary N) is 1. The third-order valence-electron chi connectivity index (χ3n) is 3.87. The van der Waals surface area contributed by atoms with Gasteiger partial charge in [-0.15, -0.1) is 0 Å². The van der Waals surface area contributed by atoms with E-state index in [1.807, 2.05) is 18.2 Å². The minimum Gasteiger partial charge on any atom is -0.493 e. The van der Waals surface area contributed by atoms with Gasteiger partial charge in [-0.1, -0.05) is 41.9 Å². The van der Waals surface area contributed by atoms with E-state index in [9.17, 15) is 0 Å². The normalized spacial score (nSPS) is 15.1. The van der Waals surface area contributed by atoms with Crippen molar-refractivity contribution in [2.75, 3.05) is 6.61 Å². The van der Waals surface area contributed by atoms with Gasteiger partial charge in [0.2, 0.25) is 0 Å². The summed E-state index contributed by atoms with van der Waals surface area (Å²) in [6, 6.07) is 14.2. The van der Waals surface area contributed by atoms with Crippen LogP contribution in [-0.4, -0.2) is 6.61 Å². The number of halogens is 1. The molecule has 2 aromatic rings. The van der Waals surface area contributed by atoms with E-state index in [4.69, 9.17) is 22.2 Å². The fraction of sp³-hybridized carbons (Fsp3) is 0.294. The van der Waals surface area contributed by atoms with Crippen LogP contribution in [0.2, 0.25) is 5.02 Å². The van der Waals surface area contributed by atoms with E-state index in [1.165, 1.54) is 5.56 Å². The summed E-state index contributed by atoms with van der Waals surface area (Å²) < 4.78 is 5.88. The lowest BCUT2D eigenvalue weighted by molar-refractivity contribution is 0.281. The lowest BCUT2D eigenvalue weighted by Crippen LogP contribution is -2.30. The Balaban J connectivity index is 1.90. The summed E-state index contributed by atoms with van der Waals surface area (Å²) in [5.74, 6) is 6.78. The first-order chi connectivity index (χ1) is 10.3. The van der Waals surface area contributed by atoms with E-state index in [0.29, 0.717) is 0 Å². The monoisotopic (exact) mass is 302 g/mol. The summed E-state index contributed by atoms with van der Waals surface area (Å²) in [6.45, 7) is 0.776. The van der Waals surface area contributed by atoms with Crippen LogP contribution in [-0.2, 0) is 12.8 Å². The van der Waals surface area contributed by atoms with Crippen molar-refractivity contribution in [2.24, 2.45) is 5.84 Å². The number of rotatable bonds is 4. The van der Waals surface area contributed by atoms with Gasteiger partial charge in [0.05, 0.1) is 12.6 Å². The predicted molar refractivity (Wildman–Crippen MR) is 85.5 cm³/mol. The van der Waals surface area contributed by atoms with Crippen LogP contribution in [0.1, 0.15) is 29.2 Å². The third-order valence-corrected chi connectivity index (χ3v) is 4.10. The van der Waals surface area contributed by atoms with Crippen molar-refractivity contribution in [3.8, 4) is 5.75 Å². The maximum absolute atomic E-state index is 6.06. The van der Waals surface area contributed by atoms with Gasteiger partial charge in [-0.05, 0) is 42.5 Å². The molecular weight excluding hydrogens is 284 g/mol. The molecule has 4 heteroatoms. The molecule has 0 radical (unpaired) electrons. The highest BCUT2D eigenvalue weighted by Gasteiger charge is 2.20. The number of nitrogens with one attached hydrogen (secondary N) is 1. The maximum atomic E-state index is 6.06. The van der Waals surface area contributed by atoms with Gasteiger partial charge < -0.3 is 4.74 Å². The number of ether oxygens (including phenoxy) is 1. The third kappa shape index (κ3) is 3.21. The quantitative estimate of drug-likeness (QED) is 0.672. The zero-order valence-corrected chi connectivity index (χ0v) is 12.6. The van der Waals surface area contributed by atoms with Crippen LogP contribution in [0.3, 0.4) is 0 Å². The van der Waals surface area contributed by atoms with Crippen molar-refractivity contribution < 1.29 is 4.74 Å². The van der Waals surface area contributed by atoms with Crippen molar-refractivity contribution >= 4 is 11.6 Å². The molecule has 3 nitrogen and oxygen atoms in total. The van der Waals surface area contributed by atoms with E-state index in [-0.39, 0.29) is 6.04 Å². The van der Waals surface area contributed by atoms with Gasteiger partial charge in [0.1, 0.15) is 5.75 Å². The highest BCUT2D eigenvalue weighted by atomic mass is 35.5. The number of hydrazine groups is 1.